The number of rotatable bonds is 4. The molecule has 0 saturated carbocycles. The number of alkyl halides is 3. The summed E-state index contributed by atoms with van der Waals surface area (Å²) in [6.45, 7) is 2.91. The lowest BCUT2D eigenvalue weighted by Gasteiger charge is -2.48. The summed E-state index contributed by atoms with van der Waals surface area (Å²) in [5.41, 5.74) is 4.19. The van der Waals surface area contributed by atoms with E-state index in [9.17, 15) is 13.2 Å². The van der Waals surface area contributed by atoms with Crippen LogP contribution in [0, 0.1) is 0 Å². The van der Waals surface area contributed by atoms with Crippen molar-refractivity contribution in [2.75, 3.05) is 18.6 Å². The molecule has 162 valence electrons. The van der Waals surface area contributed by atoms with E-state index in [1.54, 1.807) is 31.4 Å². The third-order valence-electron chi connectivity index (χ3n) is 6.04. The molecular formula is C25H23BrF3NO. The molecule has 0 spiro atoms. The van der Waals surface area contributed by atoms with Crippen molar-refractivity contribution in [2.45, 2.75) is 31.5 Å². The van der Waals surface area contributed by atoms with Gasteiger partial charge in [-0.2, -0.15) is 13.2 Å². The Balaban J connectivity index is 1.80. The average Bonchev–Trinajstić information content (AvgIpc) is 2.74. The van der Waals surface area contributed by atoms with E-state index in [2.05, 4.69) is 52.0 Å². The summed E-state index contributed by atoms with van der Waals surface area (Å²) in [7, 11) is 1.66. The van der Waals surface area contributed by atoms with Crippen molar-refractivity contribution in [3.8, 4) is 5.75 Å². The van der Waals surface area contributed by atoms with Gasteiger partial charge in [0.05, 0.1) is 19.1 Å². The van der Waals surface area contributed by atoms with Crippen LogP contribution in [0.2, 0.25) is 0 Å². The molecule has 0 N–H and O–H groups in total. The van der Waals surface area contributed by atoms with Crippen LogP contribution in [0.15, 0.2) is 71.2 Å². The van der Waals surface area contributed by atoms with Crippen molar-refractivity contribution in [1.82, 2.24) is 0 Å². The first kappa shape index (κ1) is 21.8. The van der Waals surface area contributed by atoms with E-state index in [0.717, 1.165) is 34.4 Å². The average molecular weight is 490 g/mol. The molecule has 0 amide bonds. The minimum Gasteiger partial charge on any atom is -0.497 e. The number of benzene rings is 3. The Kier molecular flexibility index (Phi) is 5.77. The topological polar surface area (TPSA) is 12.5 Å². The number of ether oxygens (including phenoxy) is 1. The number of methoxy groups -OCH3 is 1. The summed E-state index contributed by atoms with van der Waals surface area (Å²) in [4.78, 5) is 2.28. The highest BCUT2D eigenvalue weighted by molar-refractivity contribution is 9.10. The zero-order valence-corrected chi connectivity index (χ0v) is 18.9. The largest absolute Gasteiger partial charge is 0.497 e. The molecule has 1 aliphatic rings. The van der Waals surface area contributed by atoms with Gasteiger partial charge in [-0.05, 0) is 72.0 Å². The smallest absolute Gasteiger partial charge is 0.393 e. The number of nitrogens with zero attached hydrogens (tertiary/aromatic N) is 1. The van der Waals surface area contributed by atoms with Crippen molar-refractivity contribution in [2.24, 2.45) is 0 Å². The standard InChI is InChI=1S/C25H23BrF3NO/c1-24(19-5-7-20(26)8-6-19)23-12-11-22(31-2)15-18(23)13-14-30(24)21-9-3-17(4-10-21)16-25(27,28)29/h3-12,15H,13-14,16H2,1-2H3. The van der Waals surface area contributed by atoms with Crippen LogP contribution in [-0.4, -0.2) is 19.8 Å². The molecule has 0 fully saturated rings. The predicted octanol–water partition coefficient (Wildman–Crippen LogP) is 6.89. The third kappa shape index (κ3) is 4.31. The van der Waals surface area contributed by atoms with Gasteiger partial charge >= 0.3 is 6.18 Å². The molecule has 0 radical (unpaired) electrons. The van der Waals surface area contributed by atoms with E-state index >= 15 is 0 Å². The first-order valence-corrected chi connectivity index (χ1v) is 10.9. The Hall–Kier alpha value is -2.47. The molecule has 2 nitrogen and oxygen atoms in total. The molecule has 1 atom stereocenters. The van der Waals surface area contributed by atoms with Crippen molar-refractivity contribution in [3.63, 3.8) is 0 Å². The van der Waals surface area contributed by atoms with Crippen LogP contribution in [0.3, 0.4) is 0 Å². The van der Waals surface area contributed by atoms with Gasteiger partial charge in [-0.1, -0.05) is 46.3 Å². The van der Waals surface area contributed by atoms with Crippen LogP contribution in [0.25, 0.3) is 0 Å². The highest BCUT2D eigenvalue weighted by atomic mass is 79.9. The molecule has 31 heavy (non-hydrogen) atoms. The highest BCUT2D eigenvalue weighted by Gasteiger charge is 2.40. The van der Waals surface area contributed by atoms with Crippen molar-refractivity contribution < 1.29 is 17.9 Å². The highest BCUT2D eigenvalue weighted by Crippen LogP contribution is 2.44. The van der Waals surface area contributed by atoms with Gasteiger partial charge in [0.15, 0.2) is 0 Å². The zero-order chi connectivity index (χ0) is 22.2. The van der Waals surface area contributed by atoms with Gasteiger partial charge in [-0.3, -0.25) is 0 Å². The van der Waals surface area contributed by atoms with Gasteiger partial charge in [0.25, 0.3) is 0 Å². The van der Waals surface area contributed by atoms with Crippen LogP contribution in [-0.2, 0) is 18.4 Å². The summed E-state index contributed by atoms with van der Waals surface area (Å²) in [6, 6.07) is 21.1. The molecular weight excluding hydrogens is 467 g/mol. The van der Waals surface area contributed by atoms with Gasteiger partial charge < -0.3 is 9.64 Å². The first-order chi connectivity index (χ1) is 14.7. The molecule has 6 heteroatoms. The molecule has 0 aromatic heterocycles. The number of hydrogen-bond acceptors (Lipinski definition) is 2. The summed E-state index contributed by atoms with van der Waals surface area (Å²) in [5, 5.41) is 0. The molecule has 0 saturated heterocycles. The summed E-state index contributed by atoms with van der Waals surface area (Å²) >= 11 is 3.51. The van der Waals surface area contributed by atoms with E-state index in [1.807, 2.05) is 18.2 Å². The van der Waals surface area contributed by atoms with E-state index in [4.69, 9.17) is 4.74 Å². The lowest BCUT2D eigenvalue weighted by molar-refractivity contribution is -0.127. The number of hydrogen-bond donors (Lipinski definition) is 0. The molecule has 3 aromatic rings. The lowest BCUT2D eigenvalue weighted by atomic mass is 9.76. The Morgan fingerprint density at radius 3 is 2.29 bits per heavy atom. The first-order valence-electron chi connectivity index (χ1n) is 10.1. The van der Waals surface area contributed by atoms with Crippen LogP contribution in [0.5, 0.6) is 5.75 Å². The summed E-state index contributed by atoms with van der Waals surface area (Å²) < 4.78 is 44.7. The number of halogens is 4. The molecule has 3 aromatic carbocycles. The van der Waals surface area contributed by atoms with Gasteiger partial charge in [0, 0.05) is 16.7 Å². The third-order valence-corrected chi connectivity index (χ3v) is 6.57. The van der Waals surface area contributed by atoms with E-state index in [-0.39, 0.29) is 5.56 Å². The second-order valence-corrected chi connectivity index (χ2v) is 8.88. The maximum absolute atomic E-state index is 12.8. The van der Waals surface area contributed by atoms with Crippen LogP contribution >= 0.6 is 15.9 Å². The molecule has 0 aliphatic carbocycles. The minimum atomic E-state index is -4.21. The van der Waals surface area contributed by atoms with Gasteiger partial charge in [-0.15, -0.1) is 0 Å². The fourth-order valence-electron chi connectivity index (χ4n) is 4.48. The number of anilines is 1. The molecule has 0 bridgehead atoms. The Bertz CT molecular complexity index is 1060. The SMILES string of the molecule is COc1ccc2c(c1)CCN(c1ccc(CC(F)(F)F)cc1)C2(C)c1ccc(Br)cc1. The van der Waals surface area contributed by atoms with Crippen molar-refractivity contribution >= 4 is 21.6 Å². The van der Waals surface area contributed by atoms with Crippen LogP contribution < -0.4 is 9.64 Å². The van der Waals surface area contributed by atoms with Gasteiger partial charge in [0.2, 0.25) is 0 Å². The van der Waals surface area contributed by atoms with Crippen LogP contribution in [0.4, 0.5) is 18.9 Å². The second-order valence-electron chi connectivity index (χ2n) is 7.96. The van der Waals surface area contributed by atoms with Crippen LogP contribution in [0.1, 0.15) is 29.2 Å². The predicted molar refractivity (Wildman–Crippen MR) is 121 cm³/mol. The zero-order valence-electron chi connectivity index (χ0n) is 17.3. The maximum atomic E-state index is 12.8. The molecule has 1 heterocycles. The fraction of sp³-hybridized carbons (Fsp3) is 0.280. The Morgan fingerprint density at radius 2 is 1.68 bits per heavy atom. The lowest BCUT2D eigenvalue weighted by Crippen LogP contribution is -2.49. The maximum Gasteiger partial charge on any atom is 0.393 e. The Labute approximate surface area is 188 Å². The minimum absolute atomic E-state index is 0.267. The quantitative estimate of drug-likeness (QED) is 0.395. The second kappa shape index (κ2) is 8.23. The monoisotopic (exact) mass is 489 g/mol. The van der Waals surface area contributed by atoms with E-state index in [0.29, 0.717) is 0 Å². The van der Waals surface area contributed by atoms with E-state index in [1.165, 1.54) is 11.1 Å². The van der Waals surface area contributed by atoms with Crippen molar-refractivity contribution in [1.29, 1.82) is 0 Å². The van der Waals surface area contributed by atoms with Crippen molar-refractivity contribution in [3.05, 3.63) is 93.5 Å². The molecule has 1 aliphatic heterocycles. The Morgan fingerprint density at radius 1 is 1.00 bits per heavy atom. The normalized spacial score (nSPS) is 18.6. The molecule has 1 unspecified atom stereocenters. The summed E-state index contributed by atoms with van der Waals surface area (Å²) in [6.07, 6.45) is -4.31. The van der Waals surface area contributed by atoms with E-state index < -0.39 is 18.1 Å². The fourth-order valence-corrected chi connectivity index (χ4v) is 4.74. The summed E-state index contributed by atoms with van der Waals surface area (Å²) in [5.74, 6) is 0.821. The molecule has 4 rings (SSSR count). The van der Waals surface area contributed by atoms with Gasteiger partial charge in [-0.25, -0.2) is 0 Å². The number of fused-ring (bicyclic) bond motifs is 1. The van der Waals surface area contributed by atoms with Gasteiger partial charge in [0.1, 0.15) is 5.75 Å².